The van der Waals surface area contributed by atoms with Gasteiger partial charge in [0.25, 0.3) is 5.91 Å². The molecule has 2 aromatic carbocycles. The van der Waals surface area contributed by atoms with Crippen LogP contribution < -0.4 is 19.1 Å². The van der Waals surface area contributed by atoms with Crippen molar-refractivity contribution in [2.45, 2.75) is 0 Å². The molecule has 8 heteroatoms. The summed E-state index contributed by atoms with van der Waals surface area (Å²) in [5, 5.41) is 0. The average molecular weight is 434 g/mol. The predicted molar refractivity (Wildman–Crippen MR) is 122 cm³/mol. The third-order valence-corrected chi connectivity index (χ3v) is 5.56. The van der Waals surface area contributed by atoms with Crippen molar-refractivity contribution < 1.29 is 19.0 Å². The van der Waals surface area contributed by atoms with Crippen molar-refractivity contribution >= 4 is 11.7 Å². The quantitative estimate of drug-likeness (QED) is 0.590. The molecule has 2 heterocycles. The van der Waals surface area contributed by atoms with Crippen LogP contribution in [0.4, 0.5) is 5.82 Å². The molecule has 0 saturated carbocycles. The minimum atomic E-state index is -0.0676. The molecule has 1 aromatic heterocycles. The topological polar surface area (TPSA) is 77.0 Å². The molecule has 1 aliphatic heterocycles. The molecule has 166 valence electrons. The number of hydrogen-bond acceptors (Lipinski definition) is 7. The van der Waals surface area contributed by atoms with E-state index in [0.717, 1.165) is 22.8 Å². The maximum atomic E-state index is 13.1. The van der Waals surface area contributed by atoms with Gasteiger partial charge in [0.15, 0.2) is 11.5 Å². The summed E-state index contributed by atoms with van der Waals surface area (Å²) in [5.41, 5.74) is 2.34. The second kappa shape index (κ2) is 9.55. The second-order valence-electron chi connectivity index (χ2n) is 7.31. The maximum absolute atomic E-state index is 13.1. The Bertz CT molecular complexity index is 1080. The van der Waals surface area contributed by atoms with Gasteiger partial charge in [-0.2, -0.15) is 0 Å². The largest absolute Gasteiger partial charge is 0.497 e. The number of aromatic nitrogens is 2. The molecule has 32 heavy (non-hydrogen) atoms. The highest BCUT2D eigenvalue weighted by atomic mass is 16.5. The lowest BCUT2D eigenvalue weighted by Gasteiger charge is -2.35. The van der Waals surface area contributed by atoms with Crippen LogP contribution in [0.25, 0.3) is 11.3 Å². The van der Waals surface area contributed by atoms with E-state index in [2.05, 4.69) is 14.9 Å². The number of anilines is 1. The van der Waals surface area contributed by atoms with Crippen LogP contribution in [-0.2, 0) is 0 Å². The molecule has 0 N–H and O–H groups in total. The molecule has 8 nitrogen and oxygen atoms in total. The van der Waals surface area contributed by atoms with Crippen molar-refractivity contribution in [3.63, 3.8) is 0 Å². The third-order valence-electron chi connectivity index (χ3n) is 5.56. The van der Waals surface area contributed by atoms with Crippen LogP contribution in [0, 0.1) is 0 Å². The maximum Gasteiger partial charge on any atom is 0.257 e. The van der Waals surface area contributed by atoms with Crippen LogP contribution in [0.3, 0.4) is 0 Å². The zero-order valence-electron chi connectivity index (χ0n) is 18.4. The molecular formula is C24H26N4O4. The number of carbonyl (C=O) groups is 1. The van der Waals surface area contributed by atoms with E-state index in [1.807, 2.05) is 35.2 Å². The molecule has 0 atom stereocenters. The first-order valence-electron chi connectivity index (χ1n) is 10.4. The Balaban J connectivity index is 1.46. The third kappa shape index (κ3) is 4.30. The van der Waals surface area contributed by atoms with E-state index in [0.29, 0.717) is 43.2 Å². The van der Waals surface area contributed by atoms with Gasteiger partial charge in [0.1, 0.15) is 17.9 Å². The summed E-state index contributed by atoms with van der Waals surface area (Å²) in [6.45, 7) is 2.52. The molecule has 0 bridgehead atoms. The minimum Gasteiger partial charge on any atom is -0.497 e. The van der Waals surface area contributed by atoms with Gasteiger partial charge >= 0.3 is 0 Å². The number of para-hydroxylation sites is 1. The zero-order chi connectivity index (χ0) is 22.5. The number of rotatable bonds is 6. The predicted octanol–water partition coefficient (Wildman–Crippen LogP) is 3.13. The van der Waals surface area contributed by atoms with Crippen molar-refractivity contribution in [1.29, 1.82) is 0 Å². The highest BCUT2D eigenvalue weighted by Crippen LogP contribution is 2.32. The Morgan fingerprint density at radius 3 is 2.28 bits per heavy atom. The standard InChI is InChI=1S/C24H26N4O4/c1-30-18-9-7-17(8-10-18)20-15-22(26-16-25-20)27-11-13-28(14-12-27)24(29)19-5-4-6-21(31-2)23(19)32-3/h4-10,15-16H,11-14H2,1-3H3. The molecule has 4 rings (SSSR count). The number of benzene rings is 2. The number of methoxy groups -OCH3 is 3. The molecule has 1 aliphatic rings. The van der Waals surface area contributed by atoms with Crippen LogP contribution in [0.1, 0.15) is 10.4 Å². The van der Waals surface area contributed by atoms with Gasteiger partial charge in [-0.1, -0.05) is 6.07 Å². The van der Waals surface area contributed by atoms with Gasteiger partial charge in [-0.15, -0.1) is 0 Å². The van der Waals surface area contributed by atoms with Gasteiger partial charge in [-0.3, -0.25) is 4.79 Å². The molecule has 0 spiro atoms. The summed E-state index contributed by atoms with van der Waals surface area (Å²) in [7, 11) is 4.75. The van der Waals surface area contributed by atoms with Gasteiger partial charge in [0, 0.05) is 37.8 Å². The number of carbonyl (C=O) groups excluding carboxylic acids is 1. The Hall–Kier alpha value is -3.81. The second-order valence-corrected chi connectivity index (χ2v) is 7.31. The number of piperazine rings is 1. The van der Waals surface area contributed by atoms with E-state index in [1.54, 1.807) is 45.9 Å². The Labute approximate surface area is 187 Å². The monoisotopic (exact) mass is 434 g/mol. The fraction of sp³-hybridized carbons (Fsp3) is 0.292. The fourth-order valence-corrected chi connectivity index (χ4v) is 3.80. The molecule has 1 saturated heterocycles. The molecule has 0 aliphatic carbocycles. The van der Waals surface area contributed by atoms with E-state index >= 15 is 0 Å². The van der Waals surface area contributed by atoms with Crippen molar-refractivity contribution in [1.82, 2.24) is 14.9 Å². The minimum absolute atomic E-state index is 0.0676. The van der Waals surface area contributed by atoms with Crippen LogP contribution in [-0.4, -0.2) is 68.3 Å². The lowest BCUT2D eigenvalue weighted by atomic mass is 10.1. The average Bonchev–Trinajstić information content (AvgIpc) is 2.88. The van der Waals surface area contributed by atoms with Crippen molar-refractivity contribution in [2.24, 2.45) is 0 Å². The van der Waals surface area contributed by atoms with Crippen LogP contribution in [0.15, 0.2) is 54.9 Å². The molecule has 3 aromatic rings. The fourth-order valence-electron chi connectivity index (χ4n) is 3.80. The number of amides is 1. The van der Waals surface area contributed by atoms with Crippen molar-refractivity contribution in [2.75, 3.05) is 52.4 Å². The van der Waals surface area contributed by atoms with Crippen LogP contribution >= 0.6 is 0 Å². The van der Waals surface area contributed by atoms with E-state index in [-0.39, 0.29) is 5.91 Å². The summed E-state index contributed by atoms with van der Waals surface area (Å²) in [5.74, 6) is 2.58. The molecule has 1 fully saturated rings. The summed E-state index contributed by atoms with van der Waals surface area (Å²) in [4.78, 5) is 26.0. The Kier molecular flexibility index (Phi) is 6.39. The number of hydrogen-bond donors (Lipinski definition) is 0. The van der Waals surface area contributed by atoms with Gasteiger partial charge in [0.05, 0.1) is 32.6 Å². The highest BCUT2D eigenvalue weighted by Gasteiger charge is 2.26. The lowest BCUT2D eigenvalue weighted by Crippen LogP contribution is -2.49. The van der Waals surface area contributed by atoms with Gasteiger partial charge in [-0.25, -0.2) is 9.97 Å². The van der Waals surface area contributed by atoms with Crippen LogP contribution in [0.5, 0.6) is 17.2 Å². The van der Waals surface area contributed by atoms with Crippen molar-refractivity contribution in [3.8, 4) is 28.5 Å². The summed E-state index contributed by atoms with van der Waals surface area (Å²) in [6.07, 6.45) is 1.58. The van der Waals surface area contributed by atoms with E-state index in [1.165, 1.54) is 0 Å². The van der Waals surface area contributed by atoms with E-state index < -0.39 is 0 Å². The first kappa shape index (κ1) is 21.4. The summed E-state index contributed by atoms with van der Waals surface area (Å²) in [6, 6.07) is 15.1. The number of nitrogens with zero attached hydrogens (tertiary/aromatic N) is 4. The summed E-state index contributed by atoms with van der Waals surface area (Å²) < 4.78 is 16.0. The van der Waals surface area contributed by atoms with E-state index in [9.17, 15) is 4.79 Å². The Morgan fingerprint density at radius 2 is 1.62 bits per heavy atom. The van der Waals surface area contributed by atoms with Crippen molar-refractivity contribution in [3.05, 3.63) is 60.4 Å². The lowest BCUT2D eigenvalue weighted by molar-refractivity contribution is 0.0742. The summed E-state index contributed by atoms with van der Waals surface area (Å²) >= 11 is 0. The SMILES string of the molecule is COc1ccc(-c2cc(N3CCN(C(=O)c4cccc(OC)c4OC)CC3)ncn2)cc1. The van der Waals surface area contributed by atoms with Gasteiger partial charge < -0.3 is 24.0 Å². The number of ether oxygens (including phenoxy) is 3. The van der Waals surface area contributed by atoms with Crippen LogP contribution in [0.2, 0.25) is 0 Å². The molecular weight excluding hydrogens is 408 g/mol. The zero-order valence-corrected chi connectivity index (χ0v) is 18.4. The molecule has 0 unspecified atom stereocenters. The first-order valence-corrected chi connectivity index (χ1v) is 10.4. The Morgan fingerprint density at radius 1 is 0.875 bits per heavy atom. The molecule has 0 radical (unpaired) electrons. The van der Waals surface area contributed by atoms with Gasteiger partial charge in [-0.05, 0) is 36.4 Å². The molecule has 1 amide bonds. The first-order chi connectivity index (χ1) is 15.6. The normalized spacial score (nSPS) is 13.6. The highest BCUT2D eigenvalue weighted by molar-refractivity contribution is 5.98. The van der Waals surface area contributed by atoms with E-state index in [4.69, 9.17) is 14.2 Å². The smallest absolute Gasteiger partial charge is 0.257 e. The van der Waals surface area contributed by atoms with Gasteiger partial charge in [0.2, 0.25) is 0 Å².